The zero-order chi connectivity index (χ0) is 17.8. The molecule has 3 rings (SSSR count). The van der Waals surface area contributed by atoms with Crippen LogP contribution in [0.4, 0.5) is 0 Å². The average molecular weight is 373 g/mol. The van der Waals surface area contributed by atoms with Gasteiger partial charge in [0.1, 0.15) is 22.7 Å². The Hall–Kier alpha value is -2.22. The zero-order valence-electron chi connectivity index (χ0n) is 13.9. The lowest BCUT2D eigenvalue weighted by atomic mass is 10.2. The fourth-order valence-corrected chi connectivity index (χ4v) is 3.17. The highest BCUT2D eigenvalue weighted by Crippen LogP contribution is 2.25. The molecule has 0 N–H and O–H groups in total. The number of aryl methyl sites for hydroxylation is 1. The maximum absolute atomic E-state index is 9.14. The molecule has 2 heterocycles. The largest absolute Gasteiger partial charge is 0.313 e. The predicted molar refractivity (Wildman–Crippen MR) is 100 cm³/mol. The number of nitrogens with zero attached hydrogens (tertiary/aromatic N) is 4. The smallest absolute Gasteiger partial charge is 0.166 e. The Kier molecular flexibility index (Phi) is 5.47. The minimum atomic E-state index is 0.357. The standard InChI is InChI=1S/C19H18Cl2N4/c1-2-3-6-17-23-18(20)19(21)25(17)13-14-7-9-15(10-8-14)24-11-4-5-16(24)12-22/h4-5,7-11H,2-3,6,13H2,1H3. The highest BCUT2D eigenvalue weighted by molar-refractivity contribution is 6.40. The minimum Gasteiger partial charge on any atom is -0.313 e. The van der Waals surface area contributed by atoms with Gasteiger partial charge in [0.15, 0.2) is 5.15 Å². The van der Waals surface area contributed by atoms with Gasteiger partial charge in [-0.2, -0.15) is 5.26 Å². The molecule has 0 bridgehead atoms. The summed E-state index contributed by atoms with van der Waals surface area (Å²) in [6.07, 6.45) is 4.88. The van der Waals surface area contributed by atoms with Crippen LogP contribution in [0.15, 0.2) is 42.6 Å². The van der Waals surface area contributed by atoms with Crippen molar-refractivity contribution in [3.63, 3.8) is 0 Å². The van der Waals surface area contributed by atoms with E-state index in [-0.39, 0.29) is 0 Å². The summed E-state index contributed by atoms with van der Waals surface area (Å²) in [5.41, 5.74) is 2.66. The number of imidazole rings is 1. The number of hydrogen-bond donors (Lipinski definition) is 0. The molecule has 0 aliphatic carbocycles. The molecule has 4 nitrogen and oxygen atoms in total. The van der Waals surface area contributed by atoms with E-state index < -0.39 is 0 Å². The van der Waals surface area contributed by atoms with Gasteiger partial charge in [0.25, 0.3) is 0 Å². The summed E-state index contributed by atoms with van der Waals surface area (Å²) in [6, 6.07) is 13.9. The van der Waals surface area contributed by atoms with E-state index in [0.717, 1.165) is 36.3 Å². The lowest BCUT2D eigenvalue weighted by Crippen LogP contribution is -2.06. The van der Waals surface area contributed by atoms with Crippen LogP contribution >= 0.6 is 23.2 Å². The molecule has 0 saturated heterocycles. The van der Waals surface area contributed by atoms with E-state index in [1.165, 1.54) is 0 Å². The third-order valence-corrected chi connectivity index (χ3v) is 4.86. The summed E-state index contributed by atoms with van der Waals surface area (Å²) >= 11 is 12.4. The first-order chi connectivity index (χ1) is 12.1. The molecule has 0 unspecified atom stereocenters. The normalized spacial score (nSPS) is 10.8. The second-order valence-corrected chi connectivity index (χ2v) is 6.56. The molecule has 0 spiro atoms. The fourth-order valence-electron chi connectivity index (χ4n) is 2.77. The number of halogens is 2. The number of rotatable bonds is 6. The molecular weight excluding hydrogens is 355 g/mol. The monoisotopic (exact) mass is 372 g/mol. The summed E-state index contributed by atoms with van der Waals surface area (Å²) in [7, 11) is 0. The molecule has 3 aromatic rings. The summed E-state index contributed by atoms with van der Waals surface area (Å²) in [6.45, 7) is 2.76. The Bertz CT molecular complexity index is 901. The van der Waals surface area contributed by atoms with Crippen LogP contribution in [0.3, 0.4) is 0 Å². The molecule has 128 valence electrons. The van der Waals surface area contributed by atoms with Gasteiger partial charge in [-0.15, -0.1) is 0 Å². The number of nitriles is 1. The van der Waals surface area contributed by atoms with Crippen molar-refractivity contribution in [1.29, 1.82) is 5.26 Å². The topological polar surface area (TPSA) is 46.5 Å². The zero-order valence-corrected chi connectivity index (χ0v) is 15.4. The van der Waals surface area contributed by atoms with E-state index in [1.54, 1.807) is 6.07 Å². The van der Waals surface area contributed by atoms with Crippen LogP contribution in [0.5, 0.6) is 0 Å². The summed E-state index contributed by atoms with van der Waals surface area (Å²) in [5, 5.41) is 9.98. The van der Waals surface area contributed by atoms with E-state index in [0.29, 0.717) is 22.5 Å². The Labute approximate surface area is 157 Å². The molecule has 6 heteroatoms. The Morgan fingerprint density at radius 3 is 2.60 bits per heavy atom. The van der Waals surface area contributed by atoms with Gasteiger partial charge in [-0.25, -0.2) is 4.98 Å². The summed E-state index contributed by atoms with van der Waals surface area (Å²) in [5.74, 6) is 0.915. The molecule has 0 atom stereocenters. The van der Waals surface area contributed by atoms with Gasteiger partial charge in [0, 0.05) is 18.3 Å². The Morgan fingerprint density at radius 2 is 1.92 bits per heavy atom. The molecule has 0 aliphatic rings. The number of hydrogen-bond acceptors (Lipinski definition) is 2. The van der Waals surface area contributed by atoms with E-state index in [9.17, 15) is 0 Å². The Balaban J connectivity index is 1.84. The third kappa shape index (κ3) is 3.73. The van der Waals surface area contributed by atoms with Crippen LogP contribution in [-0.2, 0) is 13.0 Å². The van der Waals surface area contributed by atoms with E-state index in [4.69, 9.17) is 28.5 Å². The van der Waals surface area contributed by atoms with Crippen molar-refractivity contribution in [1.82, 2.24) is 14.1 Å². The lowest BCUT2D eigenvalue weighted by molar-refractivity contribution is 0.678. The molecule has 0 fully saturated rings. The number of benzene rings is 1. The summed E-state index contributed by atoms with van der Waals surface area (Å²) < 4.78 is 3.82. The summed E-state index contributed by atoms with van der Waals surface area (Å²) in [4.78, 5) is 4.38. The predicted octanol–water partition coefficient (Wildman–Crippen LogP) is 5.24. The van der Waals surface area contributed by atoms with Crippen LogP contribution in [0.2, 0.25) is 10.3 Å². The molecule has 25 heavy (non-hydrogen) atoms. The van der Waals surface area contributed by atoms with Crippen LogP contribution in [0.1, 0.15) is 36.8 Å². The molecule has 0 radical (unpaired) electrons. The third-order valence-electron chi connectivity index (χ3n) is 4.12. The van der Waals surface area contributed by atoms with Gasteiger partial charge in [0.05, 0.1) is 6.54 Å². The fraction of sp³-hybridized carbons (Fsp3) is 0.263. The molecule has 0 saturated carbocycles. The molecule has 1 aromatic carbocycles. The maximum atomic E-state index is 9.14. The number of aromatic nitrogens is 3. The average Bonchev–Trinajstić information content (AvgIpc) is 3.21. The second-order valence-electron chi connectivity index (χ2n) is 5.84. The minimum absolute atomic E-state index is 0.357. The van der Waals surface area contributed by atoms with Crippen LogP contribution in [0, 0.1) is 11.3 Å². The van der Waals surface area contributed by atoms with Crippen LogP contribution < -0.4 is 0 Å². The first kappa shape index (κ1) is 17.6. The van der Waals surface area contributed by atoms with Crippen molar-refractivity contribution in [3.8, 4) is 11.8 Å². The van der Waals surface area contributed by atoms with Gasteiger partial charge in [-0.3, -0.25) is 0 Å². The maximum Gasteiger partial charge on any atom is 0.166 e. The molecular formula is C19H18Cl2N4. The van der Waals surface area contributed by atoms with Gasteiger partial charge < -0.3 is 9.13 Å². The quantitative estimate of drug-likeness (QED) is 0.593. The number of unbranched alkanes of at least 4 members (excludes halogenated alkanes) is 1. The second kappa shape index (κ2) is 7.77. The molecule has 0 aliphatic heterocycles. The van der Waals surface area contributed by atoms with Crippen molar-refractivity contribution in [2.75, 3.05) is 0 Å². The van der Waals surface area contributed by atoms with Crippen molar-refractivity contribution in [3.05, 3.63) is 70.0 Å². The molecule has 0 amide bonds. The lowest BCUT2D eigenvalue weighted by Gasteiger charge is -2.10. The van der Waals surface area contributed by atoms with Gasteiger partial charge in [0.2, 0.25) is 0 Å². The van der Waals surface area contributed by atoms with Crippen molar-refractivity contribution < 1.29 is 0 Å². The van der Waals surface area contributed by atoms with Gasteiger partial charge >= 0.3 is 0 Å². The highest BCUT2D eigenvalue weighted by atomic mass is 35.5. The first-order valence-electron chi connectivity index (χ1n) is 8.21. The van der Waals surface area contributed by atoms with E-state index in [2.05, 4.69) is 18.0 Å². The van der Waals surface area contributed by atoms with Gasteiger partial charge in [-0.05, 0) is 36.2 Å². The van der Waals surface area contributed by atoms with E-state index >= 15 is 0 Å². The highest BCUT2D eigenvalue weighted by Gasteiger charge is 2.14. The van der Waals surface area contributed by atoms with Crippen molar-refractivity contribution in [2.45, 2.75) is 32.7 Å². The van der Waals surface area contributed by atoms with Gasteiger partial charge in [-0.1, -0.05) is 48.7 Å². The van der Waals surface area contributed by atoms with Crippen molar-refractivity contribution in [2.24, 2.45) is 0 Å². The molecule has 2 aromatic heterocycles. The SMILES string of the molecule is CCCCc1nc(Cl)c(Cl)n1Cc1ccc(-n2cccc2C#N)cc1. The first-order valence-corrected chi connectivity index (χ1v) is 8.96. The van der Waals surface area contributed by atoms with Crippen molar-refractivity contribution >= 4 is 23.2 Å². The van der Waals surface area contributed by atoms with Crippen LogP contribution in [-0.4, -0.2) is 14.1 Å². The van der Waals surface area contributed by atoms with Crippen LogP contribution in [0.25, 0.3) is 5.69 Å². The van der Waals surface area contributed by atoms with E-state index in [1.807, 2.05) is 45.7 Å². The Morgan fingerprint density at radius 1 is 1.16 bits per heavy atom.